The fourth-order valence-electron chi connectivity index (χ4n) is 4.40. The number of benzene rings is 1. The first kappa shape index (κ1) is 26.4. The first-order valence-electron chi connectivity index (χ1n) is 12.6. The molecule has 0 aliphatic carbocycles. The minimum Gasteiger partial charge on any atom is -0.352 e. The highest BCUT2D eigenvalue weighted by Gasteiger charge is 2.38. The number of carbonyl (C=O) groups excluding carboxylic acids is 1. The minimum absolute atomic E-state index is 0.0164. The van der Waals surface area contributed by atoms with Gasteiger partial charge in [-0.15, -0.1) is 0 Å². The topological polar surface area (TPSA) is 77.1 Å². The van der Waals surface area contributed by atoms with Crippen LogP contribution < -0.4 is 5.32 Å². The summed E-state index contributed by atoms with van der Waals surface area (Å²) < 4.78 is 44.2. The van der Waals surface area contributed by atoms with Crippen LogP contribution in [-0.4, -0.2) is 36.6 Å². The zero-order valence-electron chi connectivity index (χ0n) is 21.3. The van der Waals surface area contributed by atoms with Crippen molar-refractivity contribution in [1.82, 2.24) is 29.5 Å². The van der Waals surface area contributed by atoms with Gasteiger partial charge in [-0.2, -0.15) is 18.3 Å². The van der Waals surface area contributed by atoms with Gasteiger partial charge in [0.1, 0.15) is 0 Å². The molecule has 0 saturated heterocycles. The van der Waals surface area contributed by atoms with Crippen LogP contribution in [0.5, 0.6) is 0 Å². The van der Waals surface area contributed by atoms with E-state index in [1.54, 1.807) is 16.8 Å². The number of hydrogen-bond donors (Lipinski definition) is 1. The van der Waals surface area contributed by atoms with E-state index in [4.69, 9.17) is 0 Å². The predicted molar refractivity (Wildman–Crippen MR) is 135 cm³/mol. The molecule has 1 aromatic carbocycles. The van der Waals surface area contributed by atoms with Crippen molar-refractivity contribution in [3.8, 4) is 11.3 Å². The van der Waals surface area contributed by atoms with Gasteiger partial charge in [0.05, 0.1) is 23.1 Å². The molecule has 0 spiro atoms. The quantitative estimate of drug-likeness (QED) is 0.276. The monoisotopic (exact) mass is 512 g/mol. The number of imidazole rings is 1. The Balaban J connectivity index is 1.66. The van der Waals surface area contributed by atoms with Crippen LogP contribution in [0.25, 0.3) is 16.9 Å². The van der Waals surface area contributed by atoms with E-state index < -0.39 is 11.9 Å². The zero-order valence-corrected chi connectivity index (χ0v) is 21.3. The molecule has 0 saturated carbocycles. The number of unbranched alkanes of at least 4 members (excludes halogenated alkanes) is 1. The number of rotatable bonds is 10. The van der Waals surface area contributed by atoms with Crippen molar-refractivity contribution in [1.29, 1.82) is 0 Å². The number of nitrogens with zero attached hydrogens (tertiary/aromatic N) is 5. The van der Waals surface area contributed by atoms with E-state index in [2.05, 4.69) is 27.3 Å². The number of carbonyl (C=O) groups is 1. The molecule has 3 heterocycles. The lowest BCUT2D eigenvalue weighted by Gasteiger charge is -2.11. The molecular weight excluding hydrogens is 481 g/mol. The normalized spacial score (nSPS) is 11.8. The van der Waals surface area contributed by atoms with Crippen molar-refractivity contribution in [2.75, 3.05) is 6.54 Å². The zero-order chi connectivity index (χ0) is 26.6. The van der Waals surface area contributed by atoms with Crippen molar-refractivity contribution in [3.63, 3.8) is 0 Å². The van der Waals surface area contributed by atoms with E-state index in [9.17, 15) is 18.0 Å². The Hall–Kier alpha value is -3.69. The number of amides is 1. The third kappa shape index (κ3) is 5.68. The molecule has 7 nitrogen and oxygen atoms in total. The van der Waals surface area contributed by atoms with Crippen LogP contribution in [0.4, 0.5) is 13.2 Å². The van der Waals surface area contributed by atoms with Gasteiger partial charge in [0.2, 0.25) is 0 Å². The van der Waals surface area contributed by atoms with Gasteiger partial charge in [-0.25, -0.2) is 4.98 Å². The number of halogens is 3. The molecule has 0 unspecified atom stereocenters. The van der Waals surface area contributed by atoms with E-state index in [1.165, 1.54) is 17.1 Å². The fraction of sp³-hybridized carbons (Fsp3) is 0.407. The van der Waals surface area contributed by atoms with Crippen LogP contribution in [-0.2, 0) is 25.6 Å². The molecule has 4 aromatic rings. The van der Waals surface area contributed by atoms with Crippen molar-refractivity contribution in [2.45, 2.75) is 65.6 Å². The Morgan fingerprint density at radius 3 is 2.62 bits per heavy atom. The SMILES string of the molecule is CCCCNC(=O)c1ccc(Cc2nccn3c(-c4cn(CCC)nc4C(F)(F)F)cnc23)cc1CC. The van der Waals surface area contributed by atoms with Gasteiger partial charge in [0, 0.05) is 43.7 Å². The third-order valence-corrected chi connectivity index (χ3v) is 6.24. The molecule has 10 heteroatoms. The molecular formula is C27H31F3N6O. The van der Waals surface area contributed by atoms with Crippen LogP contribution in [0.2, 0.25) is 0 Å². The Morgan fingerprint density at radius 2 is 1.92 bits per heavy atom. The Labute approximate surface area is 213 Å². The first-order valence-corrected chi connectivity index (χ1v) is 12.6. The smallest absolute Gasteiger partial charge is 0.352 e. The molecule has 196 valence electrons. The molecule has 0 bridgehead atoms. The van der Waals surface area contributed by atoms with Gasteiger partial charge in [0.15, 0.2) is 11.3 Å². The summed E-state index contributed by atoms with van der Waals surface area (Å²) in [5, 5.41) is 6.75. The Bertz CT molecular complexity index is 1390. The molecule has 0 aliphatic heterocycles. The molecule has 0 aliphatic rings. The summed E-state index contributed by atoms with van der Waals surface area (Å²) in [6, 6.07) is 5.70. The van der Waals surface area contributed by atoms with Crippen molar-refractivity contribution >= 4 is 11.6 Å². The molecule has 4 rings (SSSR count). The summed E-state index contributed by atoms with van der Waals surface area (Å²) in [6.45, 7) is 6.99. The highest BCUT2D eigenvalue weighted by molar-refractivity contribution is 5.95. The number of hydrogen-bond acceptors (Lipinski definition) is 4. The summed E-state index contributed by atoms with van der Waals surface area (Å²) in [5.74, 6) is -0.0842. The van der Waals surface area contributed by atoms with E-state index in [1.807, 2.05) is 32.0 Å². The van der Waals surface area contributed by atoms with Crippen molar-refractivity contribution in [3.05, 3.63) is 71.1 Å². The summed E-state index contributed by atoms with van der Waals surface area (Å²) in [7, 11) is 0. The molecule has 0 atom stereocenters. The molecule has 0 radical (unpaired) electrons. The number of fused-ring (bicyclic) bond motifs is 1. The minimum atomic E-state index is -4.59. The number of alkyl halides is 3. The summed E-state index contributed by atoms with van der Waals surface area (Å²) in [5.41, 5.74) is 3.00. The Morgan fingerprint density at radius 1 is 1.11 bits per heavy atom. The highest BCUT2D eigenvalue weighted by atomic mass is 19.4. The van der Waals surface area contributed by atoms with Gasteiger partial charge in [-0.05, 0) is 36.5 Å². The van der Waals surface area contributed by atoms with E-state index in [-0.39, 0.29) is 11.5 Å². The van der Waals surface area contributed by atoms with Crippen LogP contribution >= 0.6 is 0 Å². The second kappa shape index (κ2) is 11.1. The molecule has 37 heavy (non-hydrogen) atoms. The maximum absolute atomic E-state index is 13.8. The van der Waals surface area contributed by atoms with Crippen LogP contribution in [0.1, 0.15) is 72.9 Å². The van der Waals surface area contributed by atoms with Gasteiger partial charge in [-0.3, -0.25) is 18.9 Å². The van der Waals surface area contributed by atoms with Crippen LogP contribution in [0.3, 0.4) is 0 Å². The molecule has 3 aromatic heterocycles. The third-order valence-electron chi connectivity index (χ3n) is 6.24. The largest absolute Gasteiger partial charge is 0.435 e. The summed E-state index contributed by atoms with van der Waals surface area (Å²) in [6.07, 6.45) is 5.16. The molecule has 1 N–H and O–H groups in total. The average molecular weight is 513 g/mol. The van der Waals surface area contributed by atoms with Gasteiger partial charge in [0.25, 0.3) is 5.91 Å². The average Bonchev–Trinajstić information content (AvgIpc) is 3.49. The fourth-order valence-corrected chi connectivity index (χ4v) is 4.40. The van der Waals surface area contributed by atoms with Gasteiger partial charge in [-0.1, -0.05) is 39.3 Å². The lowest BCUT2D eigenvalue weighted by Crippen LogP contribution is -2.25. The lowest BCUT2D eigenvalue weighted by molar-refractivity contribution is -0.141. The van der Waals surface area contributed by atoms with Crippen molar-refractivity contribution in [2.24, 2.45) is 0 Å². The highest BCUT2D eigenvalue weighted by Crippen LogP contribution is 2.36. The van der Waals surface area contributed by atoms with Gasteiger partial charge >= 0.3 is 6.18 Å². The summed E-state index contributed by atoms with van der Waals surface area (Å²) in [4.78, 5) is 21.5. The standard InChI is InChI=1S/C27H31F3N6O/c1-4-7-10-32-26(37)20-9-8-18(14-19(20)6-3)15-22-25-33-16-23(36(25)13-11-31-22)21-17-35(12-5-2)34-24(21)27(28,29)30/h8-9,11,13-14,16-17H,4-7,10,12,15H2,1-3H3,(H,32,37). The predicted octanol–water partition coefficient (Wildman–Crippen LogP) is 5.70. The molecule has 1 amide bonds. The lowest BCUT2D eigenvalue weighted by atomic mass is 9.99. The van der Waals surface area contributed by atoms with Gasteiger partial charge < -0.3 is 5.32 Å². The Kier molecular flexibility index (Phi) is 7.94. The van der Waals surface area contributed by atoms with Crippen molar-refractivity contribution < 1.29 is 18.0 Å². The first-order chi connectivity index (χ1) is 17.8. The maximum Gasteiger partial charge on any atom is 0.435 e. The van der Waals surface area contributed by atoms with Crippen LogP contribution in [0, 0.1) is 0 Å². The second-order valence-electron chi connectivity index (χ2n) is 8.99. The van der Waals surface area contributed by atoms with E-state index in [0.717, 1.165) is 24.0 Å². The second-order valence-corrected chi connectivity index (χ2v) is 8.99. The van der Waals surface area contributed by atoms with E-state index >= 15 is 0 Å². The molecule has 0 fully saturated rings. The number of aryl methyl sites for hydroxylation is 2. The van der Waals surface area contributed by atoms with E-state index in [0.29, 0.717) is 55.0 Å². The number of nitrogens with one attached hydrogen (secondary N) is 1. The number of aromatic nitrogens is 5. The van der Waals surface area contributed by atoms with Crippen LogP contribution in [0.15, 0.2) is 43.0 Å². The summed E-state index contributed by atoms with van der Waals surface area (Å²) >= 11 is 0. The maximum atomic E-state index is 13.8.